The number of hydrogen-bond donors (Lipinski definition) is 5. The first-order valence-corrected chi connectivity index (χ1v) is 10.5. The molecule has 0 fully saturated rings. The Hall–Kier alpha value is -2.78. The van der Waals surface area contributed by atoms with Gasteiger partial charge in [-0.05, 0) is 17.7 Å². The Balaban J connectivity index is 1.98. The SMILES string of the molecule is COc1cc(C2Oc3cc(OS(=O)O)c(O)c(O)c3CC2O)ccc1OS(=O)(=O)O. The summed E-state index contributed by atoms with van der Waals surface area (Å²) < 4.78 is 70.0. The minimum absolute atomic E-state index is 0.0294. The molecule has 3 unspecified atom stereocenters. The van der Waals surface area contributed by atoms with Crippen molar-refractivity contribution in [2.75, 3.05) is 7.11 Å². The van der Waals surface area contributed by atoms with E-state index in [4.69, 9.17) is 18.6 Å². The van der Waals surface area contributed by atoms with Gasteiger partial charge in [0.05, 0.1) is 13.2 Å². The molecule has 2 aromatic carbocycles. The molecule has 1 heterocycles. The van der Waals surface area contributed by atoms with Gasteiger partial charge in [0.2, 0.25) is 5.75 Å². The van der Waals surface area contributed by atoms with Crippen LogP contribution in [-0.4, -0.2) is 50.3 Å². The minimum atomic E-state index is -4.79. The van der Waals surface area contributed by atoms with Gasteiger partial charge in [0.15, 0.2) is 23.0 Å². The second-order valence-electron chi connectivity index (χ2n) is 6.08. The van der Waals surface area contributed by atoms with Crippen molar-refractivity contribution in [3.63, 3.8) is 0 Å². The summed E-state index contributed by atoms with van der Waals surface area (Å²) in [6, 6.07) is 4.90. The van der Waals surface area contributed by atoms with Gasteiger partial charge >= 0.3 is 21.8 Å². The first-order valence-electron chi connectivity index (χ1n) is 8.06. The number of methoxy groups -OCH3 is 1. The molecule has 0 aliphatic carbocycles. The van der Waals surface area contributed by atoms with Gasteiger partial charge in [-0.2, -0.15) is 12.6 Å². The largest absolute Gasteiger partial charge is 0.504 e. The Labute approximate surface area is 172 Å². The van der Waals surface area contributed by atoms with Crippen molar-refractivity contribution in [2.24, 2.45) is 0 Å². The molecule has 3 rings (SSSR count). The standard InChI is InChI=1S/C16H16O12S2/c1-25-12-4-7(2-3-10(12)28-30(22,23)24)16-9(17)5-8-11(26-16)6-13(27-29(20)21)15(19)14(8)18/h2-4,6,9,16-19H,5H2,1H3,(H,20,21)(H,22,23,24). The van der Waals surface area contributed by atoms with E-state index in [2.05, 4.69) is 8.37 Å². The van der Waals surface area contributed by atoms with E-state index in [0.717, 1.165) is 6.07 Å². The van der Waals surface area contributed by atoms with Gasteiger partial charge in [-0.25, -0.2) is 0 Å². The number of fused-ring (bicyclic) bond motifs is 1. The van der Waals surface area contributed by atoms with Gasteiger partial charge in [0.25, 0.3) is 0 Å². The fourth-order valence-corrected chi connectivity index (χ4v) is 3.60. The normalized spacial score (nSPS) is 19.3. The number of aromatic hydroxyl groups is 2. The van der Waals surface area contributed by atoms with E-state index in [-0.39, 0.29) is 29.2 Å². The van der Waals surface area contributed by atoms with Gasteiger partial charge in [-0.3, -0.25) is 9.11 Å². The Bertz CT molecular complexity index is 1100. The third-order valence-corrected chi connectivity index (χ3v) is 4.90. The van der Waals surface area contributed by atoms with Gasteiger partial charge in [0, 0.05) is 18.1 Å². The second kappa shape index (κ2) is 8.16. The van der Waals surface area contributed by atoms with Crippen LogP contribution in [0.1, 0.15) is 17.2 Å². The molecule has 5 N–H and O–H groups in total. The third kappa shape index (κ3) is 4.52. The van der Waals surface area contributed by atoms with Crippen LogP contribution in [0.3, 0.4) is 0 Å². The molecule has 0 bridgehead atoms. The summed E-state index contributed by atoms with van der Waals surface area (Å²) >= 11 is -2.78. The molecule has 1 aliphatic heterocycles. The number of aliphatic hydroxyl groups is 1. The molecule has 0 saturated heterocycles. The van der Waals surface area contributed by atoms with Crippen LogP contribution in [0.2, 0.25) is 0 Å². The minimum Gasteiger partial charge on any atom is -0.504 e. The van der Waals surface area contributed by atoms with Crippen LogP contribution >= 0.6 is 0 Å². The van der Waals surface area contributed by atoms with Crippen molar-refractivity contribution < 1.29 is 54.9 Å². The predicted octanol–water partition coefficient (Wildman–Crippen LogP) is 0.841. The molecule has 0 aromatic heterocycles. The molecule has 164 valence electrons. The summed E-state index contributed by atoms with van der Waals surface area (Å²) in [7, 11) is -3.57. The molecule has 0 spiro atoms. The zero-order valence-electron chi connectivity index (χ0n) is 15.1. The smallest absolute Gasteiger partial charge is 0.446 e. The fourth-order valence-electron chi connectivity index (χ4n) is 2.96. The molecule has 14 heteroatoms. The van der Waals surface area contributed by atoms with Crippen molar-refractivity contribution >= 4 is 21.8 Å². The molecule has 1 aliphatic rings. The Morgan fingerprint density at radius 1 is 1.13 bits per heavy atom. The lowest BCUT2D eigenvalue weighted by Crippen LogP contribution is -2.30. The Morgan fingerprint density at radius 2 is 1.83 bits per heavy atom. The number of phenolic OH excluding ortho intramolecular Hbond substituents is 2. The number of phenols is 2. The first-order chi connectivity index (χ1) is 14.0. The molecule has 2 aromatic rings. The maximum absolute atomic E-state index is 10.9. The summed E-state index contributed by atoms with van der Waals surface area (Å²) in [5.41, 5.74) is 0.360. The van der Waals surface area contributed by atoms with E-state index in [0.29, 0.717) is 5.56 Å². The molecular formula is C16H16O12S2. The highest BCUT2D eigenvalue weighted by atomic mass is 32.3. The van der Waals surface area contributed by atoms with E-state index >= 15 is 0 Å². The Kier molecular flexibility index (Phi) is 5.96. The molecule has 0 radical (unpaired) electrons. The highest BCUT2D eigenvalue weighted by molar-refractivity contribution is 7.81. The van der Waals surface area contributed by atoms with E-state index in [1.807, 2.05) is 0 Å². The fraction of sp³-hybridized carbons (Fsp3) is 0.250. The van der Waals surface area contributed by atoms with Crippen LogP contribution in [0.5, 0.6) is 34.5 Å². The van der Waals surface area contributed by atoms with Crippen molar-refractivity contribution in [3.8, 4) is 34.5 Å². The summed E-state index contributed by atoms with van der Waals surface area (Å²) in [5.74, 6) is -2.41. The summed E-state index contributed by atoms with van der Waals surface area (Å²) in [5, 5.41) is 30.5. The van der Waals surface area contributed by atoms with Gasteiger partial charge in [0.1, 0.15) is 11.9 Å². The lowest BCUT2D eigenvalue weighted by molar-refractivity contribution is 0.0196. The van der Waals surface area contributed by atoms with Crippen LogP contribution in [0.15, 0.2) is 24.3 Å². The van der Waals surface area contributed by atoms with Crippen LogP contribution in [-0.2, 0) is 28.2 Å². The topological polar surface area (TPSA) is 189 Å². The zero-order chi connectivity index (χ0) is 22.2. The summed E-state index contributed by atoms with van der Waals surface area (Å²) in [6.45, 7) is 0. The Morgan fingerprint density at radius 3 is 2.43 bits per heavy atom. The summed E-state index contributed by atoms with van der Waals surface area (Å²) in [4.78, 5) is 0. The lowest BCUT2D eigenvalue weighted by atomic mass is 9.93. The van der Waals surface area contributed by atoms with E-state index in [1.54, 1.807) is 0 Å². The van der Waals surface area contributed by atoms with Crippen LogP contribution in [0.4, 0.5) is 0 Å². The summed E-state index contributed by atoms with van der Waals surface area (Å²) in [6.07, 6.45) is -2.41. The number of hydrogen-bond acceptors (Lipinski definition) is 10. The molecular weight excluding hydrogens is 448 g/mol. The number of ether oxygens (including phenoxy) is 2. The average Bonchev–Trinajstić information content (AvgIpc) is 2.65. The zero-order valence-corrected chi connectivity index (χ0v) is 16.7. The van der Waals surface area contributed by atoms with Crippen molar-refractivity contribution in [1.29, 1.82) is 0 Å². The highest BCUT2D eigenvalue weighted by Crippen LogP contribution is 2.49. The van der Waals surface area contributed by atoms with Crippen LogP contribution in [0, 0.1) is 0 Å². The molecule has 0 amide bonds. The predicted molar refractivity (Wildman–Crippen MR) is 99.4 cm³/mol. The quantitative estimate of drug-likeness (QED) is 0.230. The van der Waals surface area contributed by atoms with Crippen molar-refractivity contribution in [3.05, 3.63) is 35.4 Å². The first kappa shape index (κ1) is 21.9. The van der Waals surface area contributed by atoms with E-state index in [1.165, 1.54) is 25.3 Å². The van der Waals surface area contributed by atoms with Crippen molar-refractivity contribution in [1.82, 2.24) is 0 Å². The lowest BCUT2D eigenvalue weighted by Gasteiger charge is -2.32. The van der Waals surface area contributed by atoms with Gasteiger partial charge < -0.3 is 33.2 Å². The molecule has 30 heavy (non-hydrogen) atoms. The highest BCUT2D eigenvalue weighted by Gasteiger charge is 2.34. The third-order valence-electron chi connectivity index (χ3n) is 4.19. The van der Waals surface area contributed by atoms with Crippen LogP contribution < -0.4 is 17.8 Å². The van der Waals surface area contributed by atoms with Crippen LogP contribution in [0.25, 0.3) is 0 Å². The maximum atomic E-state index is 10.9. The number of benzene rings is 2. The van der Waals surface area contributed by atoms with Gasteiger partial charge in [-0.15, -0.1) is 0 Å². The molecule has 12 nitrogen and oxygen atoms in total. The van der Waals surface area contributed by atoms with Gasteiger partial charge in [-0.1, -0.05) is 6.07 Å². The average molecular weight is 464 g/mol. The van der Waals surface area contributed by atoms with E-state index < -0.39 is 51.2 Å². The number of aliphatic hydroxyl groups excluding tert-OH is 1. The van der Waals surface area contributed by atoms with Crippen molar-refractivity contribution in [2.45, 2.75) is 18.6 Å². The maximum Gasteiger partial charge on any atom is 0.446 e. The number of rotatable bonds is 6. The second-order valence-corrected chi connectivity index (χ2v) is 7.70. The van der Waals surface area contributed by atoms with E-state index in [9.17, 15) is 27.9 Å². The molecule has 0 saturated carbocycles. The monoisotopic (exact) mass is 464 g/mol. The molecule has 3 atom stereocenters.